The monoisotopic (exact) mass is 530 g/mol. The van der Waals surface area contributed by atoms with E-state index in [-0.39, 0.29) is 41.7 Å². The maximum absolute atomic E-state index is 9.96. The minimum atomic E-state index is -0.675. The van der Waals surface area contributed by atoms with Gasteiger partial charge in [0, 0.05) is 61.0 Å². The Hall–Kier alpha value is -0.213. The van der Waals surface area contributed by atoms with Crippen LogP contribution in [-0.4, -0.2) is 33.2 Å². The van der Waals surface area contributed by atoms with Gasteiger partial charge in [-0.05, 0) is 19.3 Å². The molecule has 28 heavy (non-hydrogen) atoms. The normalized spacial score (nSPS) is 9.11. The van der Waals surface area contributed by atoms with Crippen LogP contribution in [0.4, 0.5) is 0 Å². The fourth-order valence-corrected chi connectivity index (χ4v) is 2.11. The van der Waals surface area contributed by atoms with Gasteiger partial charge < -0.3 is 15.3 Å². The molecular weight excluding hydrogens is 488 g/mol. The van der Waals surface area contributed by atoms with Crippen LogP contribution in [0.2, 0.25) is 0 Å². The van der Waals surface area contributed by atoms with Crippen molar-refractivity contribution in [2.24, 2.45) is 0 Å². The molecule has 0 bridgehead atoms. The third kappa shape index (κ3) is 50.1. The first-order chi connectivity index (χ1) is 12.8. The number of unbranched alkanes of at least 4 members (excludes halogenated alkanes) is 9. The average molecular weight is 531 g/mol. The Balaban J connectivity index is -0.000000152. The second-order valence-electron chi connectivity index (χ2n) is 6.61. The van der Waals surface area contributed by atoms with Crippen molar-refractivity contribution < 1.29 is 71.5 Å². The molecular formula is C21H42CeO6. The van der Waals surface area contributed by atoms with E-state index >= 15 is 0 Å². The number of carboxylic acid groups (broad SMARTS) is 3. The molecule has 0 aliphatic carbocycles. The Bertz CT molecular complexity index is 295. The molecule has 6 nitrogen and oxygen atoms in total. The molecule has 7 heteroatoms. The van der Waals surface area contributed by atoms with E-state index in [0.29, 0.717) is 19.3 Å². The van der Waals surface area contributed by atoms with Crippen LogP contribution in [0.3, 0.4) is 0 Å². The summed E-state index contributed by atoms with van der Waals surface area (Å²) in [7, 11) is 0. The predicted molar refractivity (Wildman–Crippen MR) is 109 cm³/mol. The number of rotatable bonds is 15. The van der Waals surface area contributed by atoms with E-state index in [4.69, 9.17) is 15.3 Å². The van der Waals surface area contributed by atoms with Crippen molar-refractivity contribution in [2.45, 2.75) is 117 Å². The summed E-state index contributed by atoms with van der Waals surface area (Å²) >= 11 is 0. The van der Waals surface area contributed by atoms with Crippen molar-refractivity contribution in [1.29, 1.82) is 0 Å². The Morgan fingerprint density at radius 1 is 0.464 bits per heavy atom. The molecule has 0 rings (SSSR count). The summed E-state index contributed by atoms with van der Waals surface area (Å²) in [5.74, 6) is -2.02. The van der Waals surface area contributed by atoms with E-state index < -0.39 is 17.9 Å². The number of carbonyl (C=O) groups is 3. The van der Waals surface area contributed by atoms with Gasteiger partial charge in [0.05, 0.1) is 0 Å². The first-order valence-corrected chi connectivity index (χ1v) is 10.5. The maximum atomic E-state index is 9.96. The average Bonchev–Trinajstić information content (AvgIpc) is 2.60. The molecule has 3 N–H and O–H groups in total. The summed E-state index contributed by atoms with van der Waals surface area (Å²) in [5, 5.41) is 24.6. The third-order valence-electron chi connectivity index (χ3n) is 3.73. The van der Waals surface area contributed by atoms with Crippen LogP contribution in [0.1, 0.15) is 117 Å². The van der Waals surface area contributed by atoms with Gasteiger partial charge in [0.1, 0.15) is 0 Å². The molecule has 0 amide bonds. The summed E-state index contributed by atoms with van der Waals surface area (Å²) in [6.45, 7) is 6.34. The molecule has 0 saturated heterocycles. The van der Waals surface area contributed by atoms with Gasteiger partial charge in [0.2, 0.25) is 0 Å². The number of aliphatic carboxylic acids is 3. The van der Waals surface area contributed by atoms with E-state index in [1.165, 1.54) is 19.3 Å². The quantitative estimate of drug-likeness (QED) is 0.220. The number of hydrogen-bond acceptors (Lipinski definition) is 3. The van der Waals surface area contributed by atoms with E-state index in [1.807, 2.05) is 0 Å². The molecule has 0 radical (unpaired) electrons. The first-order valence-electron chi connectivity index (χ1n) is 10.5. The topological polar surface area (TPSA) is 112 Å². The van der Waals surface area contributed by atoms with Crippen LogP contribution in [0.15, 0.2) is 0 Å². The van der Waals surface area contributed by atoms with Crippen LogP contribution in [0, 0.1) is 41.7 Å². The molecule has 0 aromatic carbocycles. The molecule has 0 aliphatic rings. The molecule has 0 atom stereocenters. The van der Waals surface area contributed by atoms with E-state index in [1.54, 1.807) is 0 Å². The smallest absolute Gasteiger partial charge is 0.303 e. The van der Waals surface area contributed by atoms with E-state index in [9.17, 15) is 14.4 Å². The van der Waals surface area contributed by atoms with Crippen molar-refractivity contribution in [3.8, 4) is 0 Å². The fourth-order valence-electron chi connectivity index (χ4n) is 2.11. The van der Waals surface area contributed by atoms with Gasteiger partial charge >= 0.3 is 17.9 Å². The molecule has 0 fully saturated rings. The van der Waals surface area contributed by atoms with Crippen molar-refractivity contribution in [3.63, 3.8) is 0 Å². The van der Waals surface area contributed by atoms with Gasteiger partial charge in [-0.1, -0.05) is 78.6 Å². The van der Waals surface area contributed by atoms with Gasteiger partial charge in [-0.15, -0.1) is 0 Å². The van der Waals surface area contributed by atoms with E-state index in [2.05, 4.69) is 20.8 Å². The van der Waals surface area contributed by atoms with Gasteiger partial charge in [0.15, 0.2) is 0 Å². The van der Waals surface area contributed by atoms with E-state index in [0.717, 1.165) is 57.8 Å². The summed E-state index contributed by atoms with van der Waals surface area (Å²) in [6.07, 6.45) is 13.7. The molecule has 166 valence electrons. The zero-order chi connectivity index (χ0) is 21.3. The minimum Gasteiger partial charge on any atom is -0.481 e. The van der Waals surface area contributed by atoms with Gasteiger partial charge in [-0.2, -0.15) is 0 Å². The number of carboxylic acids is 3. The maximum Gasteiger partial charge on any atom is 0.303 e. The molecule has 0 aliphatic heterocycles. The van der Waals surface area contributed by atoms with Gasteiger partial charge in [-0.25, -0.2) is 0 Å². The summed E-state index contributed by atoms with van der Waals surface area (Å²) in [6, 6.07) is 0. The SMILES string of the molecule is CCCCCCC(=O)O.CCCCCCC(=O)O.CCCCCCC(=O)O.[Ce]. The Morgan fingerprint density at radius 3 is 0.821 bits per heavy atom. The van der Waals surface area contributed by atoms with Crippen LogP contribution in [0.25, 0.3) is 0 Å². The van der Waals surface area contributed by atoms with Crippen LogP contribution >= 0.6 is 0 Å². The first kappa shape index (κ1) is 35.2. The predicted octanol–water partition coefficient (Wildman–Crippen LogP) is 6.12. The third-order valence-corrected chi connectivity index (χ3v) is 3.73. The Morgan fingerprint density at radius 2 is 0.679 bits per heavy atom. The van der Waals surface area contributed by atoms with Crippen molar-refractivity contribution in [3.05, 3.63) is 0 Å². The summed E-state index contributed by atoms with van der Waals surface area (Å²) in [5.41, 5.74) is 0. The molecule has 0 saturated carbocycles. The zero-order valence-corrected chi connectivity index (χ0v) is 21.3. The zero-order valence-electron chi connectivity index (χ0n) is 18.2. The molecule has 0 heterocycles. The van der Waals surface area contributed by atoms with Crippen molar-refractivity contribution >= 4 is 17.9 Å². The summed E-state index contributed by atoms with van der Waals surface area (Å²) < 4.78 is 0. The molecule has 0 aromatic heterocycles. The van der Waals surface area contributed by atoms with Crippen LogP contribution < -0.4 is 0 Å². The second-order valence-corrected chi connectivity index (χ2v) is 6.61. The Labute approximate surface area is 205 Å². The standard InChI is InChI=1S/3C7H14O2.Ce/c3*1-2-3-4-5-6-7(8)9;/h3*2-6H2,1H3,(H,8,9);. The molecule has 0 unspecified atom stereocenters. The minimum absolute atomic E-state index is 0. The van der Waals surface area contributed by atoms with Gasteiger partial charge in [-0.3, -0.25) is 14.4 Å². The molecule has 0 spiro atoms. The van der Waals surface area contributed by atoms with Gasteiger partial charge in [0.25, 0.3) is 0 Å². The van der Waals surface area contributed by atoms with Crippen LogP contribution in [0.5, 0.6) is 0 Å². The molecule has 0 aromatic rings. The summed E-state index contributed by atoms with van der Waals surface area (Å²) in [4.78, 5) is 29.9. The van der Waals surface area contributed by atoms with Crippen molar-refractivity contribution in [2.75, 3.05) is 0 Å². The number of hydrogen-bond donors (Lipinski definition) is 3. The Kier molecular flexibility index (Phi) is 39.6. The second kappa shape index (κ2) is 31.5. The fraction of sp³-hybridized carbons (Fsp3) is 0.857. The van der Waals surface area contributed by atoms with Crippen molar-refractivity contribution in [1.82, 2.24) is 0 Å². The largest absolute Gasteiger partial charge is 0.481 e. The van der Waals surface area contributed by atoms with Crippen LogP contribution in [-0.2, 0) is 14.4 Å².